The lowest BCUT2D eigenvalue weighted by molar-refractivity contribution is 0.571. The number of nitroso groups, excluding NO2 is 1. The van der Waals surface area contributed by atoms with Gasteiger partial charge in [-0.2, -0.15) is 4.72 Å². The monoisotopic (exact) mass is 398 g/mol. The summed E-state index contributed by atoms with van der Waals surface area (Å²) in [6, 6.07) is 0. The minimum absolute atomic E-state index is 0.0196. The van der Waals surface area contributed by atoms with Crippen molar-refractivity contribution in [2.24, 2.45) is 5.18 Å². The molecular formula is C17H19ClN2O3S2. The fourth-order valence-corrected chi connectivity index (χ4v) is 4.79. The van der Waals surface area contributed by atoms with E-state index in [1.54, 1.807) is 18.4 Å². The van der Waals surface area contributed by atoms with Crippen LogP contribution in [0.25, 0.3) is 0 Å². The Bertz CT molecular complexity index is 817. The lowest BCUT2D eigenvalue weighted by atomic mass is 10.1. The van der Waals surface area contributed by atoms with Gasteiger partial charge in [-0.1, -0.05) is 42.5 Å². The Kier molecular flexibility index (Phi) is 6.62. The highest BCUT2D eigenvalue weighted by molar-refractivity contribution is 8.17. The summed E-state index contributed by atoms with van der Waals surface area (Å²) in [5.74, 6) is 0. The number of sulfonamides is 1. The second kappa shape index (κ2) is 8.31. The molecule has 5 nitrogen and oxygen atoms in total. The number of hydrogen-bond donors (Lipinski definition) is 1. The number of halogens is 1. The lowest BCUT2D eigenvalue weighted by Gasteiger charge is -2.16. The summed E-state index contributed by atoms with van der Waals surface area (Å²) in [7, 11) is -3.75. The van der Waals surface area contributed by atoms with Crippen LogP contribution < -0.4 is 4.72 Å². The van der Waals surface area contributed by atoms with Crippen LogP contribution >= 0.6 is 23.4 Å². The van der Waals surface area contributed by atoms with E-state index in [2.05, 4.69) is 16.5 Å². The first-order valence-electron chi connectivity index (χ1n) is 7.55. The predicted octanol–water partition coefficient (Wildman–Crippen LogP) is 4.49. The summed E-state index contributed by atoms with van der Waals surface area (Å²) >= 11 is 7.03. The van der Waals surface area contributed by atoms with Crippen molar-refractivity contribution >= 4 is 33.4 Å². The maximum Gasteiger partial charge on any atom is 0.247 e. The van der Waals surface area contributed by atoms with E-state index in [1.165, 1.54) is 6.08 Å². The van der Waals surface area contributed by atoms with Crippen molar-refractivity contribution in [3.8, 4) is 0 Å². The van der Waals surface area contributed by atoms with Gasteiger partial charge in [0.05, 0.1) is 11.2 Å². The molecule has 0 aromatic heterocycles. The average molecular weight is 399 g/mol. The maximum absolute atomic E-state index is 12.5. The van der Waals surface area contributed by atoms with Crippen molar-refractivity contribution in [2.45, 2.75) is 24.8 Å². The molecular weight excluding hydrogens is 380 g/mol. The molecule has 0 bridgehead atoms. The largest absolute Gasteiger partial charge is 0.247 e. The van der Waals surface area contributed by atoms with E-state index < -0.39 is 15.6 Å². The van der Waals surface area contributed by atoms with Crippen LogP contribution in [0, 0.1) is 4.91 Å². The zero-order valence-corrected chi connectivity index (χ0v) is 16.1. The van der Waals surface area contributed by atoms with Crippen LogP contribution in [-0.4, -0.2) is 20.2 Å². The van der Waals surface area contributed by atoms with Gasteiger partial charge in [-0.25, -0.2) is 8.42 Å². The third-order valence-electron chi connectivity index (χ3n) is 3.84. The van der Waals surface area contributed by atoms with E-state index in [4.69, 9.17) is 11.6 Å². The SMILES string of the molecule is C=C(N=O)C1(NS(=O)(=O)/C(=C/C=C/C2=CC=C(Cl)C=CC2)SC)CC1. The summed E-state index contributed by atoms with van der Waals surface area (Å²) in [6.07, 6.45) is 15.9. The fraction of sp³-hybridized carbons (Fsp3) is 0.294. The molecule has 2 aliphatic rings. The van der Waals surface area contributed by atoms with Crippen LogP contribution in [0.4, 0.5) is 0 Å². The van der Waals surface area contributed by atoms with Gasteiger partial charge in [-0.05, 0) is 54.5 Å². The molecule has 25 heavy (non-hydrogen) atoms. The van der Waals surface area contributed by atoms with Crippen LogP contribution in [0.1, 0.15) is 19.3 Å². The van der Waals surface area contributed by atoms with Gasteiger partial charge in [0.2, 0.25) is 10.0 Å². The first-order chi connectivity index (χ1) is 11.8. The van der Waals surface area contributed by atoms with Crippen LogP contribution in [0.2, 0.25) is 0 Å². The number of hydrogen-bond acceptors (Lipinski definition) is 5. The normalized spacial score (nSPS) is 20.0. The first-order valence-corrected chi connectivity index (χ1v) is 10.6. The molecule has 0 amide bonds. The van der Waals surface area contributed by atoms with Gasteiger partial charge >= 0.3 is 0 Å². The molecule has 0 aliphatic heterocycles. The van der Waals surface area contributed by atoms with Gasteiger partial charge in [0, 0.05) is 5.03 Å². The molecule has 0 radical (unpaired) electrons. The topological polar surface area (TPSA) is 75.6 Å². The van der Waals surface area contributed by atoms with E-state index in [0.717, 1.165) is 17.3 Å². The Balaban J connectivity index is 2.14. The Morgan fingerprint density at radius 3 is 2.76 bits per heavy atom. The second-order valence-electron chi connectivity index (χ2n) is 5.67. The van der Waals surface area contributed by atoms with Crippen molar-refractivity contribution in [3.63, 3.8) is 0 Å². The molecule has 0 atom stereocenters. The van der Waals surface area contributed by atoms with Gasteiger partial charge in [0.25, 0.3) is 0 Å². The number of nitrogens with zero attached hydrogens (tertiary/aromatic N) is 1. The molecule has 0 unspecified atom stereocenters. The van der Waals surface area contributed by atoms with Crippen molar-refractivity contribution in [2.75, 3.05) is 6.26 Å². The van der Waals surface area contributed by atoms with Gasteiger partial charge in [-0.3, -0.25) is 0 Å². The highest BCUT2D eigenvalue weighted by atomic mass is 35.5. The summed E-state index contributed by atoms with van der Waals surface area (Å²) in [5.41, 5.74) is 0.104. The summed E-state index contributed by atoms with van der Waals surface area (Å²) < 4.78 is 27.8. The molecule has 0 aromatic carbocycles. The van der Waals surface area contributed by atoms with E-state index in [-0.39, 0.29) is 9.93 Å². The smallest absolute Gasteiger partial charge is 0.207 e. The Hall–Kier alpha value is -1.41. The average Bonchev–Trinajstić information content (AvgIpc) is 3.36. The standard InChI is InChI=1S/C17H19ClN2O3S2/c1-13(19-21)17(11-12-17)20-25(22,23)16(24-2)8-4-6-14-5-3-7-15(18)10-9-14/h3-4,6-10,20H,1,5,11-12H2,2H3/b6-4+,16-8+. The van der Waals surface area contributed by atoms with Crippen LogP contribution in [0.5, 0.6) is 0 Å². The van der Waals surface area contributed by atoms with Crippen molar-refractivity contribution < 1.29 is 8.42 Å². The fourth-order valence-electron chi connectivity index (χ4n) is 2.23. The van der Waals surface area contributed by atoms with Gasteiger partial charge in [-0.15, -0.1) is 16.7 Å². The second-order valence-corrected chi connectivity index (χ2v) is 8.87. The Morgan fingerprint density at radius 1 is 1.44 bits per heavy atom. The summed E-state index contributed by atoms with van der Waals surface area (Å²) in [4.78, 5) is 10.7. The molecule has 0 spiro atoms. The van der Waals surface area contributed by atoms with E-state index in [1.807, 2.05) is 24.3 Å². The molecule has 8 heteroatoms. The quantitative estimate of drug-likeness (QED) is 0.482. The number of rotatable bonds is 8. The Labute approximate surface area is 157 Å². The summed E-state index contributed by atoms with van der Waals surface area (Å²) in [6.45, 7) is 3.54. The minimum atomic E-state index is -3.75. The highest BCUT2D eigenvalue weighted by Crippen LogP contribution is 2.43. The van der Waals surface area contributed by atoms with E-state index in [0.29, 0.717) is 24.3 Å². The number of thioether (sulfide) groups is 1. The first kappa shape index (κ1) is 19.9. The molecule has 134 valence electrons. The molecule has 0 aromatic rings. The van der Waals surface area contributed by atoms with Crippen molar-refractivity contribution in [1.82, 2.24) is 4.72 Å². The van der Waals surface area contributed by atoms with Gasteiger partial charge in [0.1, 0.15) is 4.24 Å². The van der Waals surface area contributed by atoms with Gasteiger partial charge < -0.3 is 0 Å². The zero-order valence-electron chi connectivity index (χ0n) is 13.7. The van der Waals surface area contributed by atoms with Crippen LogP contribution in [0.15, 0.2) is 74.8 Å². The minimum Gasteiger partial charge on any atom is -0.207 e. The maximum atomic E-state index is 12.5. The summed E-state index contributed by atoms with van der Waals surface area (Å²) in [5, 5.41) is 3.44. The molecule has 1 fully saturated rings. The highest BCUT2D eigenvalue weighted by Gasteiger charge is 2.49. The molecule has 1 saturated carbocycles. The molecule has 0 heterocycles. The van der Waals surface area contributed by atoms with Gasteiger partial charge in [0.15, 0.2) is 0 Å². The number of allylic oxidation sites excluding steroid dienone is 9. The number of nitrogens with one attached hydrogen (secondary N) is 1. The Morgan fingerprint density at radius 2 is 2.16 bits per heavy atom. The predicted molar refractivity (Wildman–Crippen MR) is 105 cm³/mol. The van der Waals surface area contributed by atoms with E-state index >= 15 is 0 Å². The molecule has 1 N–H and O–H groups in total. The van der Waals surface area contributed by atoms with Crippen LogP contribution in [0.3, 0.4) is 0 Å². The molecule has 0 saturated heterocycles. The zero-order chi connectivity index (χ0) is 18.5. The third-order valence-corrected chi connectivity index (χ3v) is 7.11. The lowest BCUT2D eigenvalue weighted by Crippen LogP contribution is -2.37. The third kappa shape index (κ3) is 5.28. The van der Waals surface area contributed by atoms with Crippen molar-refractivity contribution in [1.29, 1.82) is 0 Å². The molecule has 2 rings (SSSR count). The van der Waals surface area contributed by atoms with Crippen LogP contribution in [-0.2, 0) is 10.0 Å². The van der Waals surface area contributed by atoms with Crippen molar-refractivity contribution in [3.05, 3.63) is 74.6 Å². The molecule has 2 aliphatic carbocycles. The van der Waals surface area contributed by atoms with E-state index in [9.17, 15) is 13.3 Å².